The van der Waals surface area contributed by atoms with Crippen molar-refractivity contribution in [1.82, 2.24) is 4.98 Å². The Kier molecular flexibility index (Phi) is 3.13. The number of nitrogens with zero attached hydrogens (tertiary/aromatic N) is 1. The summed E-state index contributed by atoms with van der Waals surface area (Å²) >= 11 is 0. The standard InChI is InChI=1S/C15H9F4N3/c16-8-5-9(17)14(19)12(13(8)18)11-4-7-6(15(21)22-11)2-1-3-10(7)20/h1-5H,20H2,(H2,21,22). The first-order valence-corrected chi connectivity index (χ1v) is 6.18. The number of nitrogens with two attached hydrogens (primary N) is 2. The summed E-state index contributed by atoms with van der Waals surface area (Å²) in [5.41, 5.74) is 10.6. The lowest BCUT2D eigenvalue weighted by Crippen LogP contribution is -2.02. The van der Waals surface area contributed by atoms with Crippen molar-refractivity contribution in [3.8, 4) is 11.3 Å². The molecule has 0 amide bonds. The van der Waals surface area contributed by atoms with Gasteiger partial charge in [-0.2, -0.15) is 0 Å². The Labute approximate surface area is 122 Å². The van der Waals surface area contributed by atoms with Crippen molar-refractivity contribution in [2.45, 2.75) is 0 Å². The molecule has 1 aromatic heterocycles. The highest BCUT2D eigenvalue weighted by molar-refractivity contribution is 6.00. The first-order valence-electron chi connectivity index (χ1n) is 6.18. The summed E-state index contributed by atoms with van der Waals surface area (Å²) in [6, 6.07) is 6.19. The summed E-state index contributed by atoms with van der Waals surface area (Å²) in [4.78, 5) is 3.83. The van der Waals surface area contributed by atoms with Gasteiger partial charge in [0, 0.05) is 22.5 Å². The lowest BCUT2D eigenvalue weighted by atomic mass is 10.0. The molecule has 2 aromatic carbocycles. The number of pyridine rings is 1. The van der Waals surface area contributed by atoms with Gasteiger partial charge in [-0.1, -0.05) is 12.1 Å². The van der Waals surface area contributed by atoms with E-state index in [1.54, 1.807) is 18.2 Å². The van der Waals surface area contributed by atoms with Gasteiger partial charge in [0.25, 0.3) is 0 Å². The number of benzene rings is 2. The van der Waals surface area contributed by atoms with Gasteiger partial charge in [-0.3, -0.25) is 0 Å². The smallest absolute Gasteiger partial charge is 0.171 e. The molecule has 0 unspecified atom stereocenters. The van der Waals surface area contributed by atoms with Crippen molar-refractivity contribution in [3.63, 3.8) is 0 Å². The van der Waals surface area contributed by atoms with Crippen LogP contribution < -0.4 is 11.5 Å². The minimum absolute atomic E-state index is 0.0525. The maximum Gasteiger partial charge on any atom is 0.171 e. The Morgan fingerprint density at radius 3 is 2.09 bits per heavy atom. The third-order valence-corrected chi connectivity index (χ3v) is 3.31. The van der Waals surface area contributed by atoms with Crippen molar-refractivity contribution in [2.75, 3.05) is 11.5 Å². The molecule has 1 heterocycles. The number of nitrogen functional groups attached to an aromatic ring is 2. The van der Waals surface area contributed by atoms with E-state index in [-0.39, 0.29) is 17.6 Å². The fourth-order valence-electron chi connectivity index (χ4n) is 2.25. The van der Waals surface area contributed by atoms with Crippen molar-refractivity contribution < 1.29 is 17.6 Å². The van der Waals surface area contributed by atoms with Gasteiger partial charge in [-0.25, -0.2) is 22.5 Å². The Hall–Kier alpha value is -2.83. The van der Waals surface area contributed by atoms with Gasteiger partial charge in [0.1, 0.15) is 5.82 Å². The fourth-order valence-corrected chi connectivity index (χ4v) is 2.25. The second-order valence-electron chi connectivity index (χ2n) is 4.68. The normalized spacial score (nSPS) is 11.1. The zero-order chi connectivity index (χ0) is 16.0. The highest BCUT2D eigenvalue weighted by Crippen LogP contribution is 2.33. The van der Waals surface area contributed by atoms with Crippen LogP contribution in [0.4, 0.5) is 29.1 Å². The topological polar surface area (TPSA) is 64.9 Å². The van der Waals surface area contributed by atoms with Crippen LogP contribution in [0.15, 0.2) is 30.3 Å². The van der Waals surface area contributed by atoms with Crippen LogP contribution in [0.25, 0.3) is 22.0 Å². The summed E-state index contributed by atoms with van der Waals surface area (Å²) < 4.78 is 54.4. The molecule has 0 saturated carbocycles. The molecule has 0 bridgehead atoms. The molecule has 22 heavy (non-hydrogen) atoms. The summed E-state index contributed by atoms with van der Waals surface area (Å²) in [5, 5.41) is 0.856. The molecule has 4 N–H and O–H groups in total. The van der Waals surface area contributed by atoms with Crippen LogP contribution >= 0.6 is 0 Å². The maximum absolute atomic E-state index is 13.9. The second-order valence-corrected chi connectivity index (χ2v) is 4.68. The van der Waals surface area contributed by atoms with Gasteiger partial charge in [0.05, 0.1) is 11.3 Å². The molecule has 0 aliphatic heterocycles. The Bertz CT molecular complexity index is 883. The number of aromatic nitrogens is 1. The average molecular weight is 307 g/mol. The van der Waals surface area contributed by atoms with Crippen molar-refractivity contribution in [1.29, 1.82) is 0 Å². The lowest BCUT2D eigenvalue weighted by Gasteiger charge is -2.10. The molecular weight excluding hydrogens is 298 g/mol. The molecule has 0 atom stereocenters. The van der Waals surface area contributed by atoms with Crippen molar-refractivity contribution in [2.24, 2.45) is 0 Å². The molecule has 3 rings (SSSR count). The quantitative estimate of drug-likeness (QED) is 0.410. The van der Waals surface area contributed by atoms with Gasteiger partial charge in [0.15, 0.2) is 23.3 Å². The highest BCUT2D eigenvalue weighted by atomic mass is 19.2. The molecule has 3 aromatic rings. The predicted molar refractivity (Wildman–Crippen MR) is 75.8 cm³/mol. The Morgan fingerprint density at radius 2 is 1.45 bits per heavy atom. The van der Waals surface area contributed by atoms with Crippen molar-refractivity contribution in [3.05, 3.63) is 53.6 Å². The third kappa shape index (κ3) is 2.02. The van der Waals surface area contributed by atoms with Crippen LogP contribution in [0, 0.1) is 23.3 Å². The number of halogens is 4. The number of rotatable bonds is 1. The van der Waals surface area contributed by atoms with E-state index >= 15 is 0 Å². The molecule has 0 aliphatic rings. The van der Waals surface area contributed by atoms with Gasteiger partial charge in [0.2, 0.25) is 0 Å². The number of hydrogen-bond acceptors (Lipinski definition) is 3. The third-order valence-electron chi connectivity index (χ3n) is 3.31. The summed E-state index contributed by atoms with van der Waals surface area (Å²) in [6.45, 7) is 0. The molecular formula is C15H9F4N3. The van der Waals surface area contributed by atoms with E-state index in [1.807, 2.05) is 0 Å². The molecule has 3 nitrogen and oxygen atoms in total. The molecule has 0 aliphatic carbocycles. The van der Waals surface area contributed by atoms with Crippen LogP contribution in [0.5, 0.6) is 0 Å². The summed E-state index contributed by atoms with van der Waals surface area (Å²) in [6.07, 6.45) is 0. The van der Waals surface area contributed by atoms with E-state index in [1.165, 1.54) is 6.07 Å². The Morgan fingerprint density at radius 1 is 0.818 bits per heavy atom. The first kappa shape index (κ1) is 14.1. The average Bonchev–Trinajstić information content (AvgIpc) is 2.47. The van der Waals surface area contributed by atoms with Crippen LogP contribution in [0.3, 0.4) is 0 Å². The molecule has 7 heteroatoms. The lowest BCUT2D eigenvalue weighted by molar-refractivity contribution is 0.458. The maximum atomic E-state index is 13.9. The highest BCUT2D eigenvalue weighted by Gasteiger charge is 2.22. The van der Waals surface area contributed by atoms with E-state index < -0.39 is 28.8 Å². The molecule has 0 saturated heterocycles. The zero-order valence-corrected chi connectivity index (χ0v) is 11.0. The monoisotopic (exact) mass is 307 g/mol. The fraction of sp³-hybridized carbons (Fsp3) is 0. The summed E-state index contributed by atoms with van der Waals surface area (Å²) in [7, 11) is 0. The van der Waals surface area contributed by atoms with Crippen LogP contribution in [0.1, 0.15) is 0 Å². The van der Waals surface area contributed by atoms with E-state index in [0.717, 1.165) is 0 Å². The van der Waals surface area contributed by atoms with Gasteiger partial charge in [-0.15, -0.1) is 0 Å². The molecule has 112 valence electrons. The van der Waals surface area contributed by atoms with Crippen LogP contribution in [-0.4, -0.2) is 4.98 Å². The largest absolute Gasteiger partial charge is 0.398 e. The molecule has 0 fully saturated rings. The minimum Gasteiger partial charge on any atom is -0.398 e. The van der Waals surface area contributed by atoms with Crippen molar-refractivity contribution >= 4 is 22.3 Å². The first-order chi connectivity index (χ1) is 10.4. The van der Waals surface area contributed by atoms with Gasteiger partial charge in [-0.05, 0) is 12.1 Å². The SMILES string of the molecule is Nc1cccc2c(N)nc(-c3c(F)c(F)cc(F)c3F)cc12. The zero-order valence-electron chi connectivity index (χ0n) is 11.0. The molecule has 0 radical (unpaired) electrons. The predicted octanol–water partition coefficient (Wildman–Crippen LogP) is 3.62. The Balaban J connectivity index is 2.40. The number of fused-ring (bicyclic) bond motifs is 1. The second kappa shape index (κ2) is 4.87. The number of hydrogen-bond donors (Lipinski definition) is 2. The van der Waals surface area contributed by atoms with E-state index in [0.29, 0.717) is 16.5 Å². The van der Waals surface area contributed by atoms with E-state index in [4.69, 9.17) is 11.5 Å². The van der Waals surface area contributed by atoms with Gasteiger partial charge < -0.3 is 11.5 Å². The van der Waals surface area contributed by atoms with Crippen LogP contribution in [0.2, 0.25) is 0 Å². The van der Waals surface area contributed by atoms with E-state index in [9.17, 15) is 17.6 Å². The van der Waals surface area contributed by atoms with Gasteiger partial charge >= 0.3 is 0 Å². The number of anilines is 2. The summed E-state index contributed by atoms with van der Waals surface area (Å²) in [5.74, 6) is -6.17. The van der Waals surface area contributed by atoms with Crippen LogP contribution in [-0.2, 0) is 0 Å². The molecule has 0 spiro atoms. The van der Waals surface area contributed by atoms with E-state index in [2.05, 4.69) is 4.98 Å². The minimum atomic E-state index is -1.54.